The van der Waals surface area contributed by atoms with Crippen LogP contribution in [0.2, 0.25) is 5.02 Å². The van der Waals surface area contributed by atoms with Crippen LogP contribution in [0.5, 0.6) is 5.75 Å². The van der Waals surface area contributed by atoms with Crippen LogP contribution in [0, 0.1) is 0 Å². The zero-order valence-electron chi connectivity index (χ0n) is 6.88. The van der Waals surface area contributed by atoms with Gasteiger partial charge in [-0.2, -0.15) is 11.8 Å². The van der Waals surface area contributed by atoms with Gasteiger partial charge in [0.05, 0.1) is 5.02 Å². The molecule has 0 saturated carbocycles. The molecule has 0 aliphatic heterocycles. The largest absolute Gasteiger partial charge is 0.506 e. The Morgan fingerprint density at radius 1 is 1.50 bits per heavy atom. The van der Waals surface area contributed by atoms with Crippen molar-refractivity contribution >= 4 is 23.4 Å². The number of benzene rings is 1. The molecule has 66 valence electrons. The number of hydrogen-bond donors (Lipinski definition) is 1. The fraction of sp³-hybridized carbons (Fsp3) is 0.333. The Morgan fingerprint density at radius 3 is 2.83 bits per heavy atom. The molecule has 1 aromatic carbocycles. The van der Waals surface area contributed by atoms with E-state index < -0.39 is 0 Å². The molecule has 3 heteroatoms. The van der Waals surface area contributed by atoms with Crippen molar-refractivity contribution in [3.8, 4) is 5.75 Å². The first-order valence-corrected chi connectivity index (χ1v) is 5.32. The Labute approximate surface area is 81.7 Å². The summed E-state index contributed by atoms with van der Waals surface area (Å²) in [6.45, 7) is 2.12. The molecule has 0 unspecified atom stereocenters. The monoisotopic (exact) mass is 202 g/mol. The lowest BCUT2D eigenvalue weighted by Crippen LogP contribution is -1.80. The molecule has 1 nitrogen and oxygen atoms in total. The van der Waals surface area contributed by atoms with E-state index in [1.165, 1.54) is 0 Å². The maximum atomic E-state index is 9.13. The zero-order valence-corrected chi connectivity index (χ0v) is 8.45. The van der Waals surface area contributed by atoms with Crippen molar-refractivity contribution in [2.45, 2.75) is 12.7 Å². The summed E-state index contributed by atoms with van der Waals surface area (Å²) >= 11 is 7.57. The summed E-state index contributed by atoms with van der Waals surface area (Å²) in [6, 6.07) is 5.33. The summed E-state index contributed by atoms with van der Waals surface area (Å²) in [5, 5.41) is 9.56. The van der Waals surface area contributed by atoms with Crippen LogP contribution >= 0.6 is 23.4 Å². The Bertz CT molecular complexity index is 263. The van der Waals surface area contributed by atoms with E-state index in [2.05, 4.69) is 6.92 Å². The van der Waals surface area contributed by atoms with E-state index in [1.807, 2.05) is 17.8 Å². The molecule has 0 radical (unpaired) electrons. The van der Waals surface area contributed by atoms with E-state index in [0.29, 0.717) is 5.02 Å². The normalized spacial score (nSPS) is 10.2. The van der Waals surface area contributed by atoms with Crippen molar-refractivity contribution in [3.63, 3.8) is 0 Å². The standard InChI is InChI=1S/C9H11ClOS/c1-2-12-6-7-3-4-9(11)8(10)5-7/h3-5,11H,2,6H2,1H3. The Hall–Kier alpha value is -0.340. The molecule has 1 N–H and O–H groups in total. The number of phenols is 1. The molecular weight excluding hydrogens is 192 g/mol. The molecule has 12 heavy (non-hydrogen) atoms. The first kappa shape index (κ1) is 9.75. The van der Waals surface area contributed by atoms with Gasteiger partial charge in [-0.05, 0) is 23.4 Å². The summed E-state index contributed by atoms with van der Waals surface area (Å²) in [4.78, 5) is 0. The van der Waals surface area contributed by atoms with Gasteiger partial charge in [0, 0.05) is 5.75 Å². The summed E-state index contributed by atoms with van der Waals surface area (Å²) in [5.74, 6) is 2.21. The molecule has 0 heterocycles. The van der Waals surface area contributed by atoms with Gasteiger partial charge >= 0.3 is 0 Å². The smallest absolute Gasteiger partial charge is 0.134 e. The van der Waals surface area contributed by atoms with Crippen LogP contribution in [-0.2, 0) is 5.75 Å². The molecule has 0 aliphatic rings. The first-order valence-electron chi connectivity index (χ1n) is 3.79. The first-order chi connectivity index (χ1) is 5.74. The third-order valence-corrected chi connectivity index (χ3v) is 2.73. The molecule has 0 aromatic heterocycles. The van der Waals surface area contributed by atoms with Crippen LogP contribution < -0.4 is 0 Å². The minimum atomic E-state index is 0.155. The third-order valence-electron chi connectivity index (χ3n) is 1.48. The molecular formula is C9H11ClOS. The highest BCUT2D eigenvalue weighted by atomic mass is 35.5. The Balaban J connectivity index is 2.69. The van der Waals surface area contributed by atoms with Gasteiger partial charge in [0.15, 0.2) is 0 Å². The van der Waals surface area contributed by atoms with Gasteiger partial charge in [0.2, 0.25) is 0 Å². The summed E-state index contributed by atoms with van der Waals surface area (Å²) in [7, 11) is 0. The summed E-state index contributed by atoms with van der Waals surface area (Å²) < 4.78 is 0. The van der Waals surface area contributed by atoms with E-state index in [9.17, 15) is 0 Å². The maximum absolute atomic E-state index is 9.13. The van der Waals surface area contributed by atoms with Gasteiger partial charge in [-0.3, -0.25) is 0 Å². The van der Waals surface area contributed by atoms with Crippen molar-refractivity contribution < 1.29 is 5.11 Å². The zero-order chi connectivity index (χ0) is 8.97. The van der Waals surface area contributed by atoms with Gasteiger partial charge in [0.1, 0.15) is 5.75 Å². The molecule has 0 spiro atoms. The van der Waals surface area contributed by atoms with Crippen LogP contribution in [0.25, 0.3) is 0 Å². The van der Waals surface area contributed by atoms with Crippen LogP contribution in [0.15, 0.2) is 18.2 Å². The number of rotatable bonds is 3. The molecule has 0 saturated heterocycles. The number of aromatic hydroxyl groups is 1. The summed E-state index contributed by atoms with van der Waals surface area (Å²) in [6.07, 6.45) is 0. The third kappa shape index (κ3) is 2.61. The fourth-order valence-corrected chi connectivity index (χ4v) is 1.68. The number of halogens is 1. The number of hydrogen-bond acceptors (Lipinski definition) is 2. The van der Waals surface area contributed by atoms with Crippen molar-refractivity contribution in [1.29, 1.82) is 0 Å². The van der Waals surface area contributed by atoms with E-state index >= 15 is 0 Å². The highest BCUT2D eigenvalue weighted by molar-refractivity contribution is 7.98. The highest BCUT2D eigenvalue weighted by Gasteiger charge is 1.98. The molecule has 1 rings (SSSR count). The predicted octanol–water partition coefficient (Wildman–Crippen LogP) is 3.30. The van der Waals surface area contributed by atoms with Gasteiger partial charge < -0.3 is 5.11 Å². The predicted molar refractivity (Wildman–Crippen MR) is 55.0 cm³/mol. The second-order valence-electron chi connectivity index (χ2n) is 2.42. The highest BCUT2D eigenvalue weighted by Crippen LogP contribution is 2.25. The van der Waals surface area contributed by atoms with Crippen molar-refractivity contribution in [2.75, 3.05) is 5.75 Å². The van der Waals surface area contributed by atoms with Gasteiger partial charge in [-0.25, -0.2) is 0 Å². The lowest BCUT2D eigenvalue weighted by Gasteiger charge is -2.01. The lowest BCUT2D eigenvalue weighted by atomic mass is 10.2. The van der Waals surface area contributed by atoms with Crippen molar-refractivity contribution in [2.24, 2.45) is 0 Å². The van der Waals surface area contributed by atoms with E-state index in [0.717, 1.165) is 17.1 Å². The summed E-state index contributed by atoms with van der Waals surface area (Å²) in [5.41, 5.74) is 1.16. The fourth-order valence-electron chi connectivity index (χ4n) is 0.860. The molecule has 0 aliphatic carbocycles. The minimum absolute atomic E-state index is 0.155. The van der Waals surface area contributed by atoms with E-state index in [-0.39, 0.29) is 5.75 Å². The van der Waals surface area contributed by atoms with Gasteiger partial charge in [-0.1, -0.05) is 24.6 Å². The SMILES string of the molecule is CCSCc1ccc(O)c(Cl)c1. The van der Waals surface area contributed by atoms with Gasteiger partial charge in [-0.15, -0.1) is 0 Å². The van der Waals surface area contributed by atoms with Crippen LogP contribution in [0.1, 0.15) is 12.5 Å². The topological polar surface area (TPSA) is 20.2 Å². The van der Waals surface area contributed by atoms with E-state index in [4.69, 9.17) is 16.7 Å². The molecule has 0 amide bonds. The van der Waals surface area contributed by atoms with Crippen LogP contribution in [0.3, 0.4) is 0 Å². The maximum Gasteiger partial charge on any atom is 0.134 e. The average molecular weight is 203 g/mol. The number of thioether (sulfide) groups is 1. The second-order valence-corrected chi connectivity index (χ2v) is 4.10. The Kier molecular flexibility index (Phi) is 3.76. The Morgan fingerprint density at radius 2 is 2.25 bits per heavy atom. The minimum Gasteiger partial charge on any atom is -0.506 e. The lowest BCUT2D eigenvalue weighted by molar-refractivity contribution is 0.475. The van der Waals surface area contributed by atoms with Crippen molar-refractivity contribution in [3.05, 3.63) is 28.8 Å². The van der Waals surface area contributed by atoms with Crippen LogP contribution in [-0.4, -0.2) is 10.9 Å². The van der Waals surface area contributed by atoms with Crippen LogP contribution in [0.4, 0.5) is 0 Å². The molecule has 0 fully saturated rings. The molecule has 0 bridgehead atoms. The second kappa shape index (κ2) is 4.63. The number of phenolic OH excluding ortho intramolecular Hbond substituents is 1. The van der Waals surface area contributed by atoms with Gasteiger partial charge in [0.25, 0.3) is 0 Å². The quantitative estimate of drug-likeness (QED) is 0.812. The van der Waals surface area contributed by atoms with E-state index in [1.54, 1.807) is 12.1 Å². The molecule has 0 atom stereocenters. The molecule has 1 aromatic rings. The van der Waals surface area contributed by atoms with Crippen molar-refractivity contribution in [1.82, 2.24) is 0 Å². The average Bonchev–Trinajstić information content (AvgIpc) is 2.07.